The van der Waals surface area contributed by atoms with Crippen LogP contribution in [-0.4, -0.2) is 23.5 Å². The van der Waals surface area contributed by atoms with Crippen molar-refractivity contribution >= 4 is 24.1 Å². The molecule has 0 heterocycles. The van der Waals surface area contributed by atoms with Crippen molar-refractivity contribution in [3.05, 3.63) is 46.5 Å². The molecule has 0 aliphatic rings. The normalized spacial score (nSPS) is 12.7. The molecule has 6 nitrogen and oxygen atoms in total. The summed E-state index contributed by atoms with van der Waals surface area (Å²) in [4.78, 5) is 27.1. The zero-order valence-corrected chi connectivity index (χ0v) is 27.0. The van der Waals surface area contributed by atoms with Crippen molar-refractivity contribution in [3.63, 3.8) is 0 Å². The van der Waals surface area contributed by atoms with Crippen molar-refractivity contribution < 1.29 is 28.5 Å². The summed E-state index contributed by atoms with van der Waals surface area (Å²) in [5.41, 5.74) is 1.71. The summed E-state index contributed by atoms with van der Waals surface area (Å²) >= 11 is 1.38. The SMILES string of the molecule is Cc1cc(Sc2cc(C)cc(C(C)(C)C)c2OC(=O)OC(C)(C)C)c(OC(=O)OC(C)(C)C)c(C(C)(C)C)c1. The first-order valence-corrected chi connectivity index (χ1v) is 14.1. The van der Waals surface area contributed by atoms with E-state index in [2.05, 4.69) is 41.5 Å². The second-order valence-corrected chi connectivity index (χ2v) is 15.1. The Labute approximate surface area is 239 Å². The number of ether oxygens (including phenoxy) is 4. The maximum absolute atomic E-state index is 12.8. The Bertz CT molecular complexity index is 1120. The topological polar surface area (TPSA) is 71.1 Å². The van der Waals surface area contributed by atoms with E-state index in [0.29, 0.717) is 21.3 Å². The minimum absolute atomic E-state index is 0.322. The van der Waals surface area contributed by atoms with Gasteiger partial charge in [-0.3, -0.25) is 0 Å². The van der Waals surface area contributed by atoms with E-state index >= 15 is 0 Å². The second-order valence-electron chi connectivity index (χ2n) is 14.0. The van der Waals surface area contributed by atoms with E-state index in [0.717, 1.165) is 22.3 Å². The summed E-state index contributed by atoms with van der Waals surface area (Å²) in [7, 11) is 0. The van der Waals surface area contributed by atoms with Crippen molar-refractivity contribution in [3.8, 4) is 11.5 Å². The summed E-state index contributed by atoms with van der Waals surface area (Å²) in [6.07, 6.45) is -1.55. The van der Waals surface area contributed by atoms with Crippen LogP contribution in [0.4, 0.5) is 9.59 Å². The van der Waals surface area contributed by atoms with Crippen molar-refractivity contribution in [2.45, 2.75) is 129 Å². The molecule has 216 valence electrons. The Morgan fingerprint density at radius 1 is 0.564 bits per heavy atom. The Balaban J connectivity index is 2.75. The molecule has 7 heteroatoms. The molecule has 2 aromatic rings. The molecule has 0 amide bonds. The van der Waals surface area contributed by atoms with Gasteiger partial charge in [-0.15, -0.1) is 0 Å². The fraction of sp³-hybridized carbons (Fsp3) is 0.562. The van der Waals surface area contributed by atoms with Crippen molar-refractivity contribution in [1.29, 1.82) is 0 Å². The van der Waals surface area contributed by atoms with E-state index in [1.165, 1.54) is 11.8 Å². The molecular formula is C32H46O6S. The van der Waals surface area contributed by atoms with E-state index in [4.69, 9.17) is 18.9 Å². The zero-order chi connectivity index (χ0) is 30.1. The highest BCUT2D eigenvalue weighted by Crippen LogP contribution is 2.48. The lowest BCUT2D eigenvalue weighted by Gasteiger charge is -2.27. The predicted molar refractivity (Wildman–Crippen MR) is 158 cm³/mol. The minimum Gasteiger partial charge on any atom is -0.428 e. The maximum atomic E-state index is 12.8. The molecule has 0 saturated heterocycles. The number of aryl methyl sites for hydroxylation is 2. The quantitative estimate of drug-likeness (QED) is 0.273. The first-order chi connectivity index (χ1) is 17.5. The van der Waals surface area contributed by atoms with Crippen LogP contribution in [0.25, 0.3) is 0 Å². The van der Waals surface area contributed by atoms with Crippen molar-refractivity contribution in [2.75, 3.05) is 0 Å². The Morgan fingerprint density at radius 3 is 1.13 bits per heavy atom. The molecular weight excluding hydrogens is 512 g/mol. The van der Waals surface area contributed by atoms with Gasteiger partial charge in [0, 0.05) is 11.1 Å². The number of benzene rings is 2. The number of rotatable bonds is 4. The lowest BCUT2D eigenvalue weighted by atomic mass is 9.85. The van der Waals surface area contributed by atoms with Crippen LogP contribution in [0.1, 0.15) is 105 Å². The van der Waals surface area contributed by atoms with Gasteiger partial charge < -0.3 is 18.9 Å². The van der Waals surface area contributed by atoms with E-state index in [9.17, 15) is 9.59 Å². The highest BCUT2D eigenvalue weighted by Gasteiger charge is 2.30. The lowest BCUT2D eigenvalue weighted by Crippen LogP contribution is -2.27. The van der Waals surface area contributed by atoms with Gasteiger partial charge in [0.05, 0.1) is 9.79 Å². The van der Waals surface area contributed by atoms with Gasteiger partial charge >= 0.3 is 12.3 Å². The van der Waals surface area contributed by atoms with Crippen LogP contribution >= 0.6 is 11.8 Å². The van der Waals surface area contributed by atoms with E-state index in [1.807, 2.05) is 38.1 Å². The first-order valence-electron chi connectivity index (χ1n) is 13.3. The van der Waals surface area contributed by atoms with Gasteiger partial charge in [-0.05, 0) is 89.5 Å². The van der Waals surface area contributed by atoms with Crippen molar-refractivity contribution in [2.24, 2.45) is 0 Å². The Hall–Kier alpha value is -2.67. The number of hydrogen-bond acceptors (Lipinski definition) is 7. The van der Waals surface area contributed by atoms with Crippen LogP contribution in [0.5, 0.6) is 11.5 Å². The molecule has 0 unspecified atom stereocenters. The lowest BCUT2D eigenvalue weighted by molar-refractivity contribution is 0.0185. The number of carbonyl (C=O) groups is 2. The average molecular weight is 559 g/mol. The fourth-order valence-corrected chi connectivity index (χ4v) is 5.00. The summed E-state index contributed by atoms with van der Waals surface area (Å²) in [5, 5.41) is 0. The summed E-state index contributed by atoms with van der Waals surface area (Å²) in [6.45, 7) is 27.2. The van der Waals surface area contributed by atoms with E-state index in [-0.39, 0.29) is 10.8 Å². The summed E-state index contributed by atoms with van der Waals surface area (Å²) < 4.78 is 22.8. The van der Waals surface area contributed by atoms with Gasteiger partial charge in [0.25, 0.3) is 0 Å². The molecule has 0 aliphatic heterocycles. The summed E-state index contributed by atoms with van der Waals surface area (Å²) in [5.74, 6) is 0.851. The van der Waals surface area contributed by atoms with Gasteiger partial charge in [-0.25, -0.2) is 9.59 Å². The molecule has 0 bridgehead atoms. The number of carbonyl (C=O) groups excluding carboxylic acids is 2. The van der Waals surface area contributed by atoms with E-state index in [1.54, 1.807) is 41.5 Å². The highest BCUT2D eigenvalue weighted by molar-refractivity contribution is 7.99. The molecule has 0 saturated carbocycles. The highest BCUT2D eigenvalue weighted by atomic mass is 32.2. The molecule has 39 heavy (non-hydrogen) atoms. The van der Waals surface area contributed by atoms with Crippen LogP contribution in [0.2, 0.25) is 0 Å². The van der Waals surface area contributed by atoms with Crippen LogP contribution in [0, 0.1) is 13.8 Å². The molecule has 0 aliphatic carbocycles. The fourth-order valence-electron chi connectivity index (χ4n) is 3.78. The molecule has 0 fully saturated rings. The second kappa shape index (κ2) is 11.4. The monoisotopic (exact) mass is 558 g/mol. The molecule has 0 atom stereocenters. The van der Waals surface area contributed by atoms with Crippen LogP contribution in [0.15, 0.2) is 34.1 Å². The standard InChI is InChI=1S/C32H46O6S/c1-19-15-21(29(3,4)5)25(35-27(33)37-31(9,10)11)23(17-19)39-24-18-20(2)16-22(30(6,7)8)26(24)36-28(34)38-32(12,13)14/h15-18H,1-14H3. The largest absolute Gasteiger partial charge is 0.514 e. The van der Waals surface area contributed by atoms with Gasteiger partial charge in [-0.1, -0.05) is 65.4 Å². The smallest absolute Gasteiger partial charge is 0.428 e. The van der Waals surface area contributed by atoms with Crippen LogP contribution < -0.4 is 9.47 Å². The van der Waals surface area contributed by atoms with Crippen LogP contribution in [0.3, 0.4) is 0 Å². The van der Waals surface area contributed by atoms with E-state index < -0.39 is 23.5 Å². The predicted octanol–water partition coefficient (Wildman–Crippen LogP) is 9.68. The summed E-state index contributed by atoms with van der Waals surface area (Å²) in [6, 6.07) is 7.99. The molecule has 0 radical (unpaired) electrons. The van der Waals surface area contributed by atoms with Crippen LogP contribution in [-0.2, 0) is 20.3 Å². The third-order valence-corrected chi connectivity index (χ3v) is 6.43. The first kappa shape index (κ1) is 32.5. The van der Waals surface area contributed by atoms with Gasteiger partial charge in [0.1, 0.15) is 11.2 Å². The molecule has 2 aromatic carbocycles. The average Bonchev–Trinajstić information content (AvgIpc) is 2.67. The van der Waals surface area contributed by atoms with Gasteiger partial charge in [-0.2, -0.15) is 0 Å². The Morgan fingerprint density at radius 2 is 0.872 bits per heavy atom. The maximum Gasteiger partial charge on any atom is 0.514 e. The van der Waals surface area contributed by atoms with Gasteiger partial charge in [0.2, 0.25) is 0 Å². The number of hydrogen-bond donors (Lipinski definition) is 0. The third kappa shape index (κ3) is 9.79. The zero-order valence-electron chi connectivity index (χ0n) is 26.2. The molecule has 2 rings (SSSR count). The van der Waals surface area contributed by atoms with Crippen molar-refractivity contribution in [1.82, 2.24) is 0 Å². The molecule has 0 N–H and O–H groups in total. The van der Waals surface area contributed by atoms with Gasteiger partial charge in [0.15, 0.2) is 11.5 Å². The molecule has 0 aromatic heterocycles. The third-order valence-electron chi connectivity index (χ3n) is 5.38. The Kier molecular flexibility index (Phi) is 9.55. The molecule has 0 spiro atoms. The minimum atomic E-state index is -0.774.